The van der Waals surface area contributed by atoms with E-state index in [1.54, 1.807) is 11.9 Å². The van der Waals surface area contributed by atoms with Gasteiger partial charge in [0.2, 0.25) is 0 Å². The molecule has 3 rings (SSSR count). The molecule has 0 aliphatic carbocycles. The lowest BCUT2D eigenvalue weighted by molar-refractivity contribution is 0.0963. The Kier molecular flexibility index (Phi) is 6.16. The number of piperidine rings is 1. The van der Waals surface area contributed by atoms with Gasteiger partial charge in [-0.1, -0.05) is 12.1 Å². The van der Waals surface area contributed by atoms with E-state index in [0.717, 1.165) is 35.7 Å². The minimum Gasteiger partial charge on any atom is -0.450 e. The molecule has 2 N–H and O–H groups in total. The first-order valence-corrected chi connectivity index (χ1v) is 9.41. The number of likely N-dealkylation sites (tertiary alicyclic amines) is 1. The molecule has 0 unspecified atom stereocenters. The van der Waals surface area contributed by atoms with Gasteiger partial charge in [0.1, 0.15) is 5.82 Å². The highest BCUT2D eigenvalue weighted by Crippen LogP contribution is 2.14. The predicted molar refractivity (Wildman–Crippen MR) is 106 cm³/mol. The molecule has 0 radical (unpaired) electrons. The van der Waals surface area contributed by atoms with Crippen LogP contribution in [-0.2, 0) is 18.3 Å². The van der Waals surface area contributed by atoms with Crippen LogP contribution in [0.1, 0.15) is 25.6 Å². The number of aromatic nitrogens is 2. The number of ether oxygens (including phenoxy) is 1. The number of aliphatic imine (C=N–C) groups is 1. The molecule has 8 heteroatoms. The number of rotatable bonds is 4. The number of nitrogens with one attached hydrogen (secondary N) is 2. The quantitative estimate of drug-likeness (QED) is 0.632. The Labute approximate surface area is 159 Å². The van der Waals surface area contributed by atoms with Gasteiger partial charge in [-0.05, 0) is 31.9 Å². The summed E-state index contributed by atoms with van der Waals surface area (Å²) >= 11 is 0. The van der Waals surface area contributed by atoms with Gasteiger partial charge in [0.25, 0.3) is 0 Å². The maximum absolute atomic E-state index is 11.8. The summed E-state index contributed by atoms with van der Waals surface area (Å²) in [7, 11) is 3.78. The fourth-order valence-electron chi connectivity index (χ4n) is 3.33. The van der Waals surface area contributed by atoms with Crippen LogP contribution in [0.4, 0.5) is 4.79 Å². The average Bonchev–Trinajstić information content (AvgIpc) is 3.02. The second-order valence-electron chi connectivity index (χ2n) is 6.61. The first-order valence-electron chi connectivity index (χ1n) is 9.41. The highest BCUT2D eigenvalue weighted by Gasteiger charge is 2.24. The van der Waals surface area contributed by atoms with Crippen LogP contribution in [0.5, 0.6) is 0 Å². The van der Waals surface area contributed by atoms with Gasteiger partial charge >= 0.3 is 6.09 Å². The number of aryl methyl sites for hydroxylation is 1. The van der Waals surface area contributed by atoms with Gasteiger partial charge in [-0.15, -0.1) is 0 Å². The van der Waals surface area contributed by atoms with Crippen LogP contribution in [-0.4, -0.2) is 59.3 Å². The summed E-state index contributed by atoms with van der Waals surface area (Å²) in [6.07, 6.45) is 1.51. The number of carbonyl (C=O) groups is 1. The maximum Gasteiger partial charge on any atom is 0.409 e. The predicted octanol–water partition coefficient (Wildman–Crippen LogP) is 1.86. The third kappa shape index (κ3) is 4.50. The van der Waals surface area contributed by atoms with E-state index in [4.69, 9.17) is 4.74 Å². The smallest absolute Gasteiger partial charge is 0.409 e. The van der Waals surface area contributed by atoms with Gasteiger partial charge in [0.05, 0.1) is 24.2 Å². The Morgan fingerprint density at radius 3 is 2.74 bits per heavy atom. The van der Waals surface area contributed by atoms with E-state index >= 15 is 0 Å². The summed E-state index contributed by atoms with van der Waals surface area (Å²) in [6.45, 7) is 4.21. The molecule has 2 aromatic rings. The fourth-order valence-corrected chi connectivity index (χ4v) is 3.33. The number of benzene rings is 1. The van der Waals surface area contributed by atoms with Crippen molar-refractivity contribution in [2.45, 2.75) is 32.4 Å². The molecule has 0 atom stereocenters. The number of hydrogen-bond donors (Lipinski definition) is 2. The largest absolute Gasteiger partial charge is 0.450 e. The van der Waals surface area contributed by atoms with Crippen LogP contribution in [0.2, 0.25) is 0 Å². The molecule has 1 saturated heterocycles. The highest BCUT2D eigenvalue weighted by atomic mass is 16.6. The van der Waals surface area contributed by atoms with Crippen molar-refractivity contribution >= 4 is 23.1 Å². The molecule has 1 aromatic carbocycles. The van der Waals surface area contributed by atoms with Crippen molar-refractivity contribution < 1.29 is 9.53 Å². The first kappa shape index (κ1) is 19.0. The molecule has 0 saturated carbocycles. The lowest BCUT2D eigenvalue weighted by Crippen LogP contribution is -2.49. The fraction of sp³-hybridized carbons (Fsp3) is 0.526. The van der Waals surface area contributed by atoms with Gasteiger partial charge in [0, 0.05) is 33.2 Å². The molecular weight excluding hydrogens is 344 g/mol. The molecule has 1 aliphatic heterocycles. The van der Waals surface area contributed by atoms with Crippen LogP contribution >= 0.6 is 0 Å². The van der Waals surface area contributed by atoms with E-state index in [9.17, 15) is 4.79 Å². The standard InChI is InChI=1S/C19H28N6O2/c1-4-27-19(26)25-11-9-14(10-12-25)22-18(20-2)21-13-17-23-15-7-5-6-8-16(15)24(17)3/h5-8,14H,4,9-13H2,1-3H3,(H2,20,21,22). The van der Waals surface area contributed by atoms with Crippen LogP contribution in [0, 0.1) is 0 Å². The second kappa shape index (κ2) is 8.75. The van der Waals surface area contributed by atoms with Gasteiger partial charge < -0.3 is 24.8 Å². The van der Waals surface area contributed by atoms with E-state index in [1.807, 2.05) is 32.2 Å². The average molecular weight is 372 g/mol. The van der Waals surface area contributed by atoms with Crippen molar-refractivity contribution in [2.75, 3.05) is 26.7 Å². The van der Waals surface area contributed by atoms with Gasteiger partial charge in [-0.3, -0.25) is 4.99 Å². The van der Waals surface area contributed by atoms with E-state index < -0.39 is 0 Å². The number of imidazole rings is 1. The van der Waals surface area contributed by atoms with Crippen molar-refractivity contribution in [1.82, 2.24) is 25.1 Å². The molecule has 2 heterocycles. The van der Waals surface area contributed by atoms with Crippen LogP contribution < -0.4 is 10.6 Å². The zero-order valence-electron chi connectivity index (χ0n) is 16.2. The molecule has 1 aromatic heterocycles. The number of para-hydroxylation sites is 2. The van der Waals surface area contributed by atoms with Gasteiger partial charge in [-0.25, -0.2) is 9.78 Å². The van der Waals surface area contributed by atoms with Crippen molar-refractivity contribution in [3.05, 3.63) is 30.1 Å². The van der Waals surface area contributed by atoms with Crippen LogP contribution in [0.3, 0.4) is 0 Å². The third-order valence-electron chi connectivity index (χ3n) is 4.88. The zero-order valence-corrected chi connectivity index (χ0v) is 16.2. The third-order valence-corrected chi connectivity index (χ3v) is 4.88. The van der Waals surface area contributed by atoms with Crippen LogP contribution in [0.15, 0.2) is 29.3 Å². The van der Waals surface area contributed by atoms with E-state index in [1.165, 1.54) is 0 Å². The number of amides is 1. The molecule has 0 bridgehead atoms. The second-order valence-corrected chi connectivity index (χ2v) is 6.61. The van der Waals surface area contributed by atoms with Crippen molar-refractivity contribution in [3.8, 4) is 0 Å². The molecular formula is C19H28N6O2. The molecule has 8 nitrogen and oxygen atoms in total. The summed E-state index contributed by atoms with van der Waals surface area (Å²) in [5.74, 6) is 1.70. The summed E-state index contributed by atoms with van der Waals surface area (Å²) in [6, 6.07) is 8.38. The number of carbonyl (C=O) groups excluding carboxylic acids is 1. The summed E-state index contributed by atoms with van der Waals surface area (Å²) in [5.41, 5.74) is 2.11. The van der Waals surface area contributed by atoms with E-state index in [2.05, 4.69) is 31.2 Å². The summed E-state index contributed by atoms with van der Waals surface area (Å²) in [4.78, 5) is 22.5. The van der Waals surface area contributed by atoms with Gasteiger partial charge in [-0.2, -0.15) is 0 Å². The number of hydrogen-bond acceptors (Lipinski definition) is 4. The maximum atomic E-state index is 11.8. The monoisotopic (exact) mass is 372 g/mol. The summed E-state index contributed by atoms with van der Waals surface area (Å²) in [5, 5.41) is 6.78. The SMILES string of the molecule is CCOC(=O)N1CCC(NC(=NC)NCc2nc3ccccc3n2C)CC1. The van der Waals surface area contributed by atoms with Crippen molar-refractivity contribution in [3.63, 3.8) is 0 Å². The first-order chi connectivity index (χ1) is 13.1. The molecule has 1 fully saturated rings. The minimum absolute atomic E-state index is 0.222. The molecule has 1 amide bonds. The number of nitrogens with zero attached hydrogens (tertiary/aromatic N) is 4. The van der Waals surface area contributed by atoms with Crippen molar-refractivity contribution in [2.24, 2.45) is 12.0 Å². The number of guanidine groups is 1. The lowest BCUT2D eigenvalue weighted by atomic mass is 10.1. The zero-order chi connectivity index (χ0) is 19.2. The molecule has 0 spiro atoms. The Balaban J connectivity index is 1.51. The highest BCUT2D eigenvalue weighted by molar-refractivity contribution is 5.80. The number of fused-ring (bicyclic) bond motifs is 1. The van der Waals surface area contributed by atoms with E-state index in [-0.39, 0.29) is 12.1 Å². The normalized spacial score (nSPS) is 15.8. The van der Waals surface area contributed by atoms with Crippen molar-refractivity contribution in [1.29, 1.82) is 0 Å². The van der Waals surface area contributed by atoms with E-state index in [0.29, 0.717) is 26.2 Å². The Morgan fingerprint density at radius 2 is 2.07 bits per heavy atom. The van der Waals surface area contributed by atoms with Crippen LogP contribution in [0.25, 0.3) is 11.0 Å². The molecule has 27 heavy (non-hydrogen) atoms. The minimum atomic E-state index is -0.222. The Bertz CT molecular complexity index is 808. The molecule has 1 aliphatic rings. The molecule has 146 valence electrons. The van der Waals surface area contributed by atoms with Gasteiger partial charge in [0.15, 0.2) is 5.96 Å². The Hall–Kier alpha value is -2.77. The lowest BCUT2D eigenvalue weighted by Gasteiger charge is -2.32. The Morgan fingerprint density at radius 1 is 1.33 bits per heavy atom. The topological polar surface area (TPSA) is 83.8 Å². The summed E-state index contributed by atoms with van der Waals surface area (Å²) < 4.78 is 7.15.